The molecular formula is C15H26N6. The fourth-order valence-electron chi connectivity index (χ4n) is 3.13. The summed E-state index contributed by atoms with van der Waals surface area (Å²) in [5.74, 6) is 3.15. The van der Waals surface area contributed by atoms with Crippen LogP contribution in [0.2, 0.25) is 0 Å². The molecule has 0 radical (unpaired) electrons. The van der Waals surface area contributed by atoms with Gasteiger partial charge in [0.2, 0.25) is 17.8 Å². The predicted molar refractivity (Wildman–Crippen MR) is 86.0 cm³/mol. The lowest BCUT2D eigenvalue weighted by atomic mass is 10.0. The molecule has 0 amide bonds. The molecule has 6 nitrogen and oxygen atoms in total. The van der Waals surface area contributed by atoms with Crippen LogP contribution in [0.1, 0.15) is 39.0 Å². The summed E-state index contributed by atoms with van der Waals surface area (Å²) in [6, 6.07) is 0. The Bertz CT molecular complexity index is 471. The monoisotopic (exact) mass is 290 g/mol. The molecule has 1 aromatic heterocycles. The van der Waals surface area contributed by atoms with E-state index in [1.54, 1.807) is 0 Å². The average molecular weight is 290 g/mol. The smallest absolute Gasteiger partial charge is 0.231 e. The number of nitrogens with one attached hydrogen (secondary N) is 1. The van der Waals surface area contributed by atoms with Crippen LogP contribution < -0.4 is 15.1 Å². The van der Waals surface area contributed by atoms with Gasteiger partial charge < -0.3 is 15.1 Å². The molecule has 2 fully saturated rings. The Hall–Kier alpha value is -1.59. The third-order valence-corrected chi connectivity index (χ3v) is 4.52. The highest BCUT2D eigenvalue weighted by molar-refractivity contribution is 5.45. The molecule has 0 aromatic carbocycles. The number of nitrogens with zero attached hydrogens (tertiary/aromatic N) is 5. The van der Waals surface area contributed by atoms with E-state index in [-0.39, 0.29) is 0 Å². The largest absolute Gasteiger partial charge is 0.357 e. The Morgan fingerprint density at radius 3 is 2.14 bits per heavy atom. The molecule has 1 aromatic rings. The van der Waals surface area contributed by atoms with E-state index in [0.717, 1.165) is 44.0 Å². The summed E-state index contributed by atoms with van der Waals surface area (Å²) in [6.07, 6.45) is 6.22. The van der Waals surface area contributed by atoms with Crippen LogP contribution in [0, 0.1) is 5.92 Å². The predicted octanol–water partition coefficient (Wildman–Crippen LogP) is 2.14. The van der Waals surface area contributed by atoms with E-state index < -0.39 is 0 Å². The van der Waals surface area contributed by atoms with Gasteiger partial charge in [-0.15, -0.1) is 0 Å². The summed E-state index contributed by atoms with van der Waals surface area (Å²) < 4.78 is 0. The van der Waals surface area contributed by atoms with Gasteiger partial charge in [0.1, 0.15) is 0 Å². The second-order valence-corrected chi connectivity index (χ2v) is 6.23. The van der Waals surface area contributed by atoms with Crippen LogP contribution in [0.5, 0.6) is 0 Å². The first-order valence-electron chi connectivity index (χ1n) is 8.20. The van der Waals surface area contributed by atoms with Crippen molar-refractivity contribution in [3.05, 3.63) is 0 Å². The minimum Gasteiger partial charge on any atom is -0.357 e. The number of anilines is 3. The fourth-order valence-corrected chi connectivity index (χ4v) is 3.13. The highest BCUT2D eigenvalue weighted by Gasteiger charge is 2.21. The molecule has 116 valence electrons. The average Bonchev–Trinajstić information content (AvgIpc) is 2.96. The second kappa shape index (κ2) is 6.45. The molecule has 1 atom stereocenters. The molecule has 1 unspecified atom stereocenters. The van der Waals surface area contributed by atoms with Crippen LogP contribution in [-0.2, 0) is 0 Å². The maximum absolute atomic E-state index is 4.74. The van der Waals surface area contributed by atoms with Crippen molar-refractivity contribution in [2.75, 3.05) is 48.3 Å². The summed E-state index contributed by atoms with van der Waals surface area (Å²) in [7, 11) is 1.87. The molecule has 21 heavy (non-hydrogen) atoms. The summed E-state index contributed by atoms with van der Waals surface area (Å²) in [4.78, 5) is 18.5. The van der Waals surface area contributed by atoms with Crippen molar-refractivity contribution in [2.24, 2.45) is 5.92 Å². The van der Waals surface area contributed by atoms with Gasteiger partial charge in [0.05, 0.1) is 0 Å². The number of aromatic nitrogens is 3. The molecule has 0 bridgehead atoms. The first-order valence-corrected chi connectivity index (χ1v) is 8.20. The van der Waals surface area contributed by atoms with E-state index in [9.17, 15) is 0 Å². The van der Waals surface area contributed by atoms with Gasteiger partial charge >= 0.3 is 0 Å². The number of hydrogen-bond donors (Lipinski definition) is 1. The van der Waals surface area contributed by atoms with Crippen LogP contribution >= 0.6 is 0 Å². The van der Waals surface area contributed by atoms with E-state index in [2.05, 4.69) is 32.0 Å². The minimum atomic E-state index is 0.680. The lowest BCUT2D eigenvalue weighted by molar-refractivity contribution is 0.521. The van der Waals surface area contributed by atoms with Gasteiger partial charge in [-0.3, -0.25) is 0 Å². The van der Waals surface area contributed by atoms with E-state index in [0.29, 0.717) is 5.95 Å². The highest BCUT2D eigenvalue weighted by Crippen LogP contribution is 2.23. The summed E-state index contributed by atoms with van der Waals surface area (Å²) in [6.45, 7) is 6.56. The third-order valence-electron chi connectivity index (χ3n) is 4.52. The maximum atomic E-state index is 4.74. The highest BCUT2D eigenvalue weighted by atomic mass is 15.4. The Balaban J connectivity index is 1.84. The zero-order chi connectivity index (χ0) is 14.7. The fraction of sp³-hybridized carbons (Fsp3) is 0.800. The standard InChI is InChI=1S/C15H26N6/c1-12-6-5-10-21(11-7-12)15-18-13(16-2)17-14(19-15)20-8-3-4-9-20/h12H,3-11H2,1-2H3,(H,16,17,18,19). The van der Waals surface area contributed by atoms with Crippen LogP contribution in [0.15, 0.2) is 0 Å². The van der Waals surface area contributed by atoms with E-state index in [4.69, 9.17) is 4.98 Å². The van der Waals surface area contributed by atoms with Gasteiger partial charge in [-0.25, -0.2) is 0 Å². The lowest BCUT2D eigenvalue weighted by Gasteiger charge is -2.23. The van der Waals surface area contributed by atoms with Gasteiger partial charge in [0, 0.05) is 33.2 Å². The van der Waals surface area contributed by atoms with Crippen LogP contribution in [0.3, 0.4) is 0 Å². The Labute approximate surface area is 127 Å². The van der Waals surface area contributed by atoms with Gasteiger partial charge in [-0.05, 0) is 38.0 Å². The van der Waals surface area contributed by atoms with E-state index in [1.165, 1.54) is 32.1 Å². The van der Waals surface area contributed by atoms with Crippen molar-refractivity contribution in [2.45, 2.75) is 39.0 Å². The minimum absolute atomic E-state index is 0.680. The molecule has 0 saturated carbocycles. The van der Waals surface area contributed by atoms with Crippen molar-refractivity contribution >= 4 is 17.8 Å². The number of hydrogen-bond acceptors (Lipinski definition) is 6. The zero-order valence-corrected chi connectivity index (χ0v) is 13.2. The lowest BCUT2D eigenvalue weighted by Crippen LogP contribution is -2.29. The Morgan fingerprint density at radius 2 is 1.48 bits per heavy atom. The molecule has 2 aliphatic rings. The first kappa shape index (κ1) is 14.4. The molecule has 0 aliphatic carbocycles. The first-order chi connectivity index (χ1) is 10.3. The SMILES string of the molecule is CNc1nc(N2CCCC2)nc(N2CCCC(C)CC2)n1. The topological polar surface area (TPSA) is 57.2 Å². The van der Waals surface area contributed by atoms with Crippen molar-refractivity contribution in [1.29, 1.82) is 0 Å². The second-order valence-electron chi connectivity index (χ2n) is 6.23. The van der Waals surface area contributed by atoms with Crippen molar-refractivity contribution in [1.82, 2.24) is 15.0 Å². The van der Waals surface area contributed by atoms with E-state index >= 15 is 0 Å². The molecule has 2 aliphatic heterocycles. The Morgan fingerprint density at radius 1 is 0.857 bits per heavy atom. The van der Waals surface area contributed by atoms with Crippen molar-refractivity contribution < 1.29 is 0 Å². The van der Waals surface area contributed by atoms with Gasteiger partial charge in [0.25, 0.3) is 0 Å². The van der Waals surface area contributed by atoms with Gasteiger partial charge in [-0.2, -0.15) is 15.0 Å². The Kier molecular flexibility index (Phi) is 4.41. The van der Waals surface area contributed by atoms with Crippen LogP contribution in [0.25, 0.3) is 0 Å². The van der Waals surface area contributed by atoms with Crippen molar-refractivity contribution in [3.8, 4) is 0 Å². The zero-order valence-electron chi connectivity index (χ0n) is 13.2. The molecular weight excluding hydrogens is 264 g/mol. The quantitative estimate of drug-likeness (QED) is 0.920. The van der Waals surface area contributed by atoms with Crippen LogP contribution in [0.4, 0.5) is 17.8 Å². The molecule has 6 heteroatoms. The summed E-state index contributed by atoms with van der Waals surface area (Å²) in [5.41, 5.74) is 0. The van der Waals surface area contributed by atoms with Gasteiger partial charge in [0.15, 0.2) is 0 Å². The van der Waals surface area contributed by atoms with Gasteiger partial charge in [-0.1, -0.05) is 6.92 Å². The number of rotatable bonds is 3. The van der Waals surface area contributed by atoms with E-state index in [1.807, 2.05) is 7.05 Å². The normalized spacial score (nSPS) is 23.2. The molecule has 0 spiro atoms. The molecule has 1 N–H and O–H groups in total. The summed E-state index contributed by atoms with van der Waals surface area (Å²) >= 11 is 0. The molecule has 3 heterocycles. The third kappa shape index (κ3) is 3.36. The molecule has 3 rings (SSSR count). The van der Waals surface area contributed by atoms with Crippen molar-refractivity contribution in [3.63, 3.8) is 0 Å². The maximum Gasteiger partial charge on any atom is 0.231 e. The molecule has 2 saturated heterocycles. The summed E-state index contributed by atoms with van der Waals surface area (Å²) in [5, 5.41) is 3.08. The van der Waals surface area contributed by atoms with Crippen LogP contribution in [-0.4, -0.2) is 48.2 Å².